The van der Waals surface area contributed by atoms with Crippen LogP contribution in [0.2, 0.25) is 6.32 Å². The van der Waals surface area contributed by atoms with Gasteiger partial charge < -0.3 is 4.74 Å². The molecule has 0 saturated carbocycles. The molecule has 32 valence electrons. The van der Waals surface area contributed by atoms with E-state index >= 15 is 0 Å². The molecule has 0 aromatic heterocycles. The average Bonchev–Trinajstić information content (AvgIpc) is 2.21. The van der Waals surface area contributed by atoms with Crippen molar-refractivity contribution in [1.82, 2.24) is 0 Å². The molecule has 1 aliphatic rings. The Balaban J connectivity index is 1.88. The SMILES string of the molecule is [B]CC[C@H]1CO1. The summed E-state index contributed by atoms with van der Waals surface area (Å²) in [6.07, 6.45) is 2.33. The second kappa shape index (κ2) is 1.65. The van der Waals surface area contributed by atoms with Crippen LogP contribution in [0, 0.1) is 0 Å². The molecule has 0 aromatic rings. The number of rotatable bonds is 2. The smallest absolute Gasteiger partial charge is 0.0803 e. The highest BCUT2D eigenvalue weighted by atomic mass is 16.6. The molecule has 2 radical (unpaired) electrons. The van der Waals surface area contributed by atoms with Crippen LogP contribution in [-0.4, -0.2) is 20.6 Å². The third-order valence-electron chi connectivity index (χ3n) is 0.891. The summed E-state index contributed by atoms with van der Waals surface area (Å²) >= 11 is 0. The Morgan fingerprint density at radius 1 is 1.83 bits per heavy atom. The van der Waals surface area contributed by atoms with E-state index in [2.05, 4.69) is 0 Å². The van der Waals surface area contributed by atoms with E-state index in [0.29, 0.717) is 6.10 Å². The first-order valence-corrected chi connectivity index (χ1v) is 2.25. The van der Waals surface area contributed by atoms with Gasteiger partial charge in [0, 0.05) is 0 Å². The fourth-order valence-corrected chi connectivity index (χ4v) is 0.421. The van der Waals surface area contributed by atoms with E-state index in [1.165, 1.54) is 0 Å². The van der Waals surface area contributed by atoms with Gasteiger partial charge in [-0.15, -0.1) is 0 Å². The topological polar surface area (TPSA) is 12.5 Å². The summed E-state index contributed by atoms with van der Waals surface area (Å²) in [7, 11) is 5.19. The quantitative estimate of drug-likeness (QED) is 0.346. The van der Waals surface area contributed by atoms with Gasteiger partial charge in [0.1, 0.15) is 0 Å². The van der Waals surface area contributed by atoms with E-state index in [9.17, 15) is 0 Å². The molecule has 1 rings (SSSR count). The summed E-state index contributed by atoms with van der Waals surface area (Å²) in [5, 5.41) is 0. The Labute approximate surface area is 39.1 Å². The number of hydrogen-bond acceptors (Lipinski definition) is 1. The molecule has 1 heterocycles. The predicted molar refractivity (Wildman–Crippen MR) is 24.9 cm³/mol. The van der Waals surface area contributed by atoms with Crippen LogP contribution in [-0.2, 0) is 4.74 Å². The van der Waals surface area contributed by atoms with Gasteiger partial charge in [-0.1, -0.05) is 6.32 Å². The van der Waals surface area contributed by atoms with Crippen LogP contribution in [0.25, 0.3) is 0 Å². The number of hydrogen-bond donors (Lipinski definition) is 0. The largest absolute Gasteiger partial charge is 0.373 e. The first kappa shape index (κ1) is 4.19. The highest BCUT2D eigenvalue weighted by Crippen LogP contribution is 2.13. The van der Waals surface area contributed by atoms with Crippen molar-refractivity contribution in [3.63, 3.8) is 0 Å². The van der Waals surface area contributed by atoms with Crippen molar-refractivity contribution in [2.75, 3.05) is 6.61 Å². The standard InChI is InChI=1S/C4H7BO/c5-2-1-4-3-6-4/h4H,1-3H2/t4-/m0/s1. The second-order valence-electron chi connectivity index (χ2n) is 1.53. The molecule has 0 N–H and O–H groups in total. The molecule has 1 fully saturated rings. The van der Waals surface area contributed by atoms with Gasteiger partial charge in [0.15, 0.2) is 0 Å². The van der Waals surface area contributed by atoms with Gasteiger partial charge in [-0.3, -0.25) is 0 Å². The Kier molecular flexibility index (Phi) is 1.15. The van der Waals surface area contributed by atoms with E-state index in [1.54, 1.807) is 0 Å². The Morgan fingerprint density at radius 3 is 2.67 bits per heavy atom. The molecule has 2 heteroatoms. The van der Waals surface area contributed by atoms with E-state index in [1.807, 2.05) is 0 Å². The first-order valence-electron chi connectivity index (χ1n) is 2.25. The predicted octanol–water partition coefficient (Wildman–Crippen LogP) is 0.362. The zero-order valence-corrected chi connectivity index (χ0v) is 3.68. The molecule has 1 aliphatic heterocycles. The monoisotopic (exact) mass is 82.1 g/mol. The van der Waals surface area contributed by atoms with Crippen molar-refractivity contribution in [3.8, 4) is 0 Å². The molecule has 0 aliphatic carbocycles. The van der Waals surface area contributed by atoms with Gasteiger partial charge >= 0.3 is 0 Å². The summed E-state index contributed by atoms with van der Waals surface area (Å²) in [5.41, 5.74) is 0. The maximum Gasteiger partial charge on any atom is 0.0803 e. The van der Waals surface area contributed by atoms with Crippen LogP contribution in [0.3, 0.4) is 0 Å². The first-order chi connectivity index (χ1) is 2.93. The van der Waals surface area contributed by atoms with Gasteiger partial charge in [0.05, 0.1) is 20.6 Å². The third kappa shape index (κ3) is 1.01. The Bertz CT molecular complexity index is 42.8. The van der Waals surface area contributed by atoms with Crippen LogP contribution >= 0.6 is 0 Å². The van der Waals surface area contributed by atoms with Crippen molar-refractivity contribution < 1.29 is 4.74 Å². The Morgan fingerprint density at radius 2 is 2.50 bits per heavy atom. The van der Waals surface area contributed by atoms with Crippen molar-refractivity contribution in [2.24, 2.45) is 0 Å². The maximum absolute atomic E-state index is 5.19. The minimum absolute atomic E-state index is 0.523. The van der Waals surface area contributed by atoms with Crippen LogP contribution in [0.15, 0.2) is 0 Å². The van der Waals surface area contributed by atoms with Crippen molar-refractivity contribution in [1.29, 1.82) is 0 Å². The van der Waals surface area contributed by atoms with Crippen molar-refractivity contribution >= 4 is 7.85 Å². The number of epoxide rings is 1. The van der Waals surface area contributed by atoms with Gasteiger partial charge in [-0.2, -0.15) is 0 Å². The lowest BCUT2D eigenvalue weighted by Crippen LogP contribution is -1.80. The highest BCUT2D eigenvalue weighted by molar-refractivity contribution is 6.08. The van der Waals surface area contributed by atoms with Crippen LogP contribution in [0.4, 0.5) is 0 Å². The molecule has 0 unspecified atom stereocenters. The molecule has 6 heavy (non-hydrogen) atoms. The lowest BCUT2D eigenvalue weighted by atomic mass is 10.0. The zero-order valence-electron chi connectivity index (χ0n) is 3.68. The fraction of sp³-hybridized carbons (Fsp3) is 1.00. The molecule has 1 nitrogen and oxygen atoms in total. The molecule has 0 bridgehead atoms. The average molecular weight is 81.9 g/mol. The lowest BCUT2D eigenvalue weighted by Gasteiger charge is -1.80. The van der Waals surface area contributed by atoms with Crippen LogP contribution in [0.5, 0.6) is 0 Å². The van der Waals surface area contributed by atoms with E-state index < -0.39 is 0 Å². The Hall–Kier alpha value is 0.0249. The molecular formula is C4H7BO. The molecule has 1 saturated heterocycles. The summed E-state index contributed by atoms with van der Waals surface area (Å²) < 4.78 is 4.87. The molecule has 0 aromatic carbocycles. The van der Waals surface area contributed by atoms with Gasteiger partial charge in [0.2, 0.25) is 0 Å². The van der Waals surface area contributed by atoms with Gasteiger partial charge in [-0.05, 0) is 6.42 Å². The van der Waals surface area contributed by atoms with Crippen LogP contribution < -0.4 is 0 Å². The molecule has 0 amide bonds. The summed E-state index contributed by atoms with van der Waals surface area (Å²) in [6.45, 7) is 0.942. The maximum atomic E-state index is 5.19. The minimum Gasteiger partial charge on any atom is -0.373 e. The summed E-state index contributed by atoms with van der Waals surface area (Å²) in [4.78, 5) is 0. The lowest BCUT2D eigenvalue weighted by molar-refractivity contribution is 0.403. The second-order valence-corrected chi connectivity index (χ2v) is 1.53. The molecule has 0 spiro atoms. The van der Waals surface area contributed by atoms with E-state index in [0.717, 1.165) is 19.3 Å². The molecule has 1 atom stereocenters. The van der Waals surface area contributed by atoms with E-state index in [-0.39, 0.29) is 0 Å². The van der Waals surface area contributed by atoms with Crippen molar-refractivity contribution in [3.05, 3.63) is 0 Å². The fourth-order valence-electron chi connectivity index (χ4n) is 0.421. The van der Waals surface area contributed by atoms with Crippen molar-refractivity contribution in [2.45, 2.75) is 18.8 Å². The summed E-state index contributed by atoms with van der Waals surface area (Å²) in [5.74, 6) is 0. The van der Waals surface area contributed by atoms with E-state index in [4.69, 9.17) is 12.6 Å². The molecular weight excluding hydrogens is 74.9 g/mol. The number of ether oxygens (including phenoxy) is 1. The normalized spacial score (nSPS) is 30.3. The minimum atomic E-state index is 0.523. The van der Waals surface area contributed by atoms with Gasteiger partial charge in [-0.25, -0.2) is 0 Å². The summed E-state index contributed by atoms with van der Waals surface area (Å²) in [6, 6.07) is 0. The van der Waals surface area contributed by atoms with Gasteiger partial charge in [0.25, 0.3) is 0 Å². The van der Waals surface area contributed by atoms with Crippen LogP contribution in [0.1, 0.15) is 6.42 Å². The zero-order chi connectivity index (χ0) is 4.41. The highest BCUT2D eigenvalue weighted by Gasteiger charge is 2.19. The third-order valence-corrected chi connectivity index (χ3v) is 0.891.